The number of nitrogens with zero attached hydrogens (tertiary/aromatic N) is 1. The average molecular weight is 389 g/mol. The van der Waals surface area contributed by atoms with Crippen LogP contribution in [-0.2, 0) is 16.0 Å². The highest BCUT2D eigenvalue weighted by molar-refractivity contribution is 6.32. The molecule has 27 heavy (non-hydrogen) atoms. The van der Waals surface area contributed by atoms with Crippen molar-refractivity contribution >= 4 is 29.1 Å². The number of fused-ring (bicyclic) bond motifs is 2. The summed E-state index contributed by atoms with van der Waals surface area (Å²) in [6, 6.07) is 10.5. The molecular formula is C19H17ClN2O5. The van der Waals surface area contributed by atoms with Crippen LogP contribution in [0.1, 0.15) is 5.56 Å². The van der Waals surface area contributed by atoms with Gasteiger partial charge in [-0.1, -0.05) is 23.7 Å². The standard InChI is InChI=1S/C19H17ClN2O5/c20-12-7-11(8-15-18(12)26-6-5-25-15)9-17(23)22-10-16(19(21)24)27-14-4-2-1-3-13(14)22/h1-4,7-8,16H,5-6,9-10H2,(H2,21,24)/t16-/m1/s1. The molecular weight excluding hydrogens is 372 g/mol. The van der Waals surface area contributed by atoms with Crippen LogP contribution in [0, 0.1) is 0 Å². The topological polar surface area (TPSA) is 91.1 Å². The Morgan fingerprint density at radius 2 is 1.93 bits per heavy atom. The van der Waals surface area contributed by atoms with Gasteiger partial charge in [0.15, 0.2) is 17.6 Å². The first kappa shape index (κ1) is 17.5. The summed E-state index contributed by atoms with van der Waals surface area (Å²) in [5, 5.41) is 0.396. The molecule has 0 bridgehead atoms. The maximum atomic E-state index is 13.0. The second kappa shape index (κ2) is 7.00. The Balaban J connectivity index is 1.61. The highest BCUT2D eigenvalue weighted by atomic mass is 35.5. The van der Waals surface area contributed by atoms with Gasteiger partial charge in [0.1, 0.15) is 19.0 Å². The first-order valence-corrected chi connectivity index (χ1v) is 8.84. The van der Waals surface area contributed by atoms with Crippen molar-refractivity contribution < 1.29 is 23.8 Å². The number of hydrogen-bond acceptors (Lipinski definition) is 5. The third-order valence-electron chi connectivity index (χ3n) is 4.40. The van der Waals surface area contributed by atoms with E-state index in [9.17, 15) is 9.59 Å². The van der Waals surface area contributed by atoms with E-state index < -0.39 is 12.0 Å². The molecule has 0 aromatic heterocycles. The molecule has 1 atom stereocenters. The molecule has 140 valence electrons. The van der Waals surface area contributed by atoms with Crippen molar-refractivity contribution in [2.45, 2.75) is 12.5 Å². The lowest BCUT2D eigenvalue weighted by atomic mass is 10.1. The predicted octanol–water partition coefficient (Wildman–Crippen LogP) is 1.93. The fourth-order valence-electron chi connectivity index (χ4n) is 3.16. The van der Waals surface area contributed by atoms with E-state index in [1.807, 2.05) is 0 Å². The molecule has 7 nitrogen and oxygen atoms in total. The number of ether oxygens (including phenoxy) is 3. The van der Waals surface area contributed by atoms with E-state index in [1.165, 1.54) is 4.90 Å². The number of primary amides is 1. The SMILES string of the molecule is NC(=O)[C@H]1CN(C(=O)Cc2cc(Cl)c3c(c2)OCCO3)c2ccccc2O1. The van der Waals surface area contributed by atoms with Gasteiger partial charge in [0, 0.05) is 0 Å². The second-order valence-corrected chi connectivity index (χ2v) is 6.67. The van der Waals surface area contributed by atoms with Crippen LogP contribution in [0.25, 0.3) is 0 Å². The number of carbonyl (C=O) groups excluding carboxylic acids is 2. The van der Waals surface area contributed by atoms with Crippen LogP contribution in [-0.4, -0.2) is 37.7 Å². The Hall–Kier alpha value is -2.93. The Labute approximate surface area is 160 Å². The Bertz CT molecular complexity index is 917. The van der Waals surface area contributed by atoms with Gasteiger partial charge in [0.25, 0.3) is 5.91 Å². The van der Waals surface area contributed by atoms with E-state index >= 15 is 0 Å². The molecule has 2 heterocycles. The summed E-state index contributed by atoms with van der Waals surface area (Å²) in [5.74, 6) is 0.633. The lowest BCUT2D eigenvalue weighted by molar-refractivity contribution is -0.125. The number of hydrogen-bond donors (Lipinski definition) is 1. The Kier molecular flexibility index (Phi) is 4.53. The molecule has 0 spiro atoms. The zero-order valence-electron chi connectivity index (χ0n) is 14.3. The largest absolute Gasteiger partial charge is 0.486 e. The predicted molar refractivity (Wildman–Crippen MR) is 98.6 cm³/mol. The lowest BCUT2D eigenvalue weighted by Crippen LogP contribution is -2.49. The molecule has 0 saturated carbocycles. The molecule has 2 aromatic rings. The highest BCUT2D eigenvalue weighted by Crippen LogP contribution is 2.39. The second-order valence-electron chi connectivity index (χ2n) is 6.26. The quantitative estimate of drug-likeness (QED) is 0.867. The molecule has 8 heteroatoms. The number of halogens is 1. The first-order valence-electron chi connectivity index (χ1n) is 8.46. The van der Waals surface area contributed by atoms with E-state index in [4.69, 9.17) is 31.5 Å². The number of nitrogens with two attached hydrogens (primary N) is 1. The van der Waals surface area contributed by atoms with Crippen LogP contribution in [0.3, 0.4) is 0 Å². The van der Waals surface area contributed by atoms with Gasteiger partial charge in [-0.2, -0.15) is 0 Å². The van der Waals surface area contributed by atoms with E-state index in [2.05, 4.69) is 0 Å². The molecule has 0 radical (unpaired) electrons. The molecule has 0 saturated heterocycles. The Morgan fingerprint density at radius 3 is 2.74 bits per heavy atom. The van der Waals surface area contributed by atoms with Crippen molar-refractivity contribution in [2.75, 3.05) is 24.7 Å². The Morgan fingerprint density at radius 1 is 1.15 bits per heavy atom. The maximum absolute atomic E-state index is 13.0. The van der Waals surface area contributed by atoms with E-state index in [-0.39, 0.29) is 18.9 Å². The number of rotatable bonds is 3. The molecule has 2 aromatic carbocycles. The van der Waals surface area contributed by atoms with E-state index in [0.29, 0.717) is 46.7 Å². The van der Waals surface area contributed by atoms with Crippen molar-refractivity contribution in [2.24, 2.45) is 5.73 Å². The third kappa shape index (κ3) is 3.38. The monoisotopic (exact) mass is 388 g/mol. The zero-order chi connectivity index (χ0) is 19.0. The van der Waals surface area contributed by atoms with Crippen LogP contribution in [0.5, 0.6) is 17.2 Å². The van der Waals surface area contributed by atoms with Crippen LogP contribution in [0.4, 0.5) is 5.69 Å². The number of anilines is 1. The summed E-state index contributed by atoms with van der Waals surface area (Å²) in [5.41, 5.74) is 6.67. The molecule has 4 rings (SSSR count). The lowest BCUT2D eigenvalue weighted by Gasteiger charge is -2.33. The minimum absolute atomic E-state index is 0.0590. The molecule has 2 aliphatic rings. The summed E-state index contributed by atoms with van der Waals surface area (Å²) >= 11 is 6.25. The van der Waals surface area contributed by atoms with E-state index in [0.717, 1.165) is 0 Å². The van der Waals surface area contributed by atoms with Crippen molar-refractivity contribution in [1.82, 2.24) is 0 Å². The van der Waals surface area contributed by atoms with Gasteiger partial charge in [-0.3, -0.25) is 9.59 Å². The van der Waals surface area contributed by atoms with Crippen LogP contribution in [0.2, 0.25) is 5.02 Å². The molecule has 2 N–H and O–H groups in total. The van der Waals surface area contributed by atoms with Crippen LogP contribution >= 0.6 is 11.6 Å². The highest BCUT2D eigenvalue weighted by Gasteiger charge is 2.32. The van der Waals surface area contributed by atoms with Gasteiger partial charge < -0.3 is 24.8 Å². The van der Waals surface area contributed by atoms with Gasteiger partial charge in [-0.15, -0.1) is 0 Å². The maximum Gasteiger partial charge on any atom is 0.260 e. The average Bonchev–Trinajstić information content (AvgIpc) is 2.67. The van der Waals surface area contributed by atoms with Gasteiger partial charge in [0.05, 0.1) is 23.7 Å². The van der Waals surface area contributed by atoms with Crippen molar-refractivity contribution in [3.05, 3.63) is 47.0 Å². The summed E-state index contributed by atoms with van der Waals surface area (Å²) < 4.78 is 16.6. The first-order chi connectivity index (χ1) is 13.0. The molecule has 2 aliphatic heterocycles. The smallest absolute Gasteiger partial charge is 0.260 e. The van der Waals surface area contributed by atoms with Crippen molar-refractivity contribution in [1.29, 1.82) is 0 Å². The number of para-hydroxylation sites is 2. The fraction of sp³-hybridized carbons (Fsp3) is 0.263. The molecule has 0 aliphatic carbocycles. The van der Waals surface area contributed by atoms with Gasteiger partial charge >= 0.3 is 0 Å². The van der Waals surface area contributed by atoms with Crippen molar-refractivity contribution in [3.8, 4) is 17.2 Å². The summed E-state index contributed by atoms with van der Waals surface area (Å²) in [6.07, 6.45) is -0.816. The van der Waals surface area contributed by atoms with Crippen LogP contribution in [0.15, 0.2) is 36.4 Å². The van der Waals surface area contributed by atoms with Crippen LogP contribution < -0.4 is 24.8 Å². The van der Waals surface area contributed by atoms with Gasteiger partial charge in [-0.05, 0) is 29.8 Å². The van der Waals surface area contributed by atoms with E-state index in [1.54, 1.807) is 36.4 Å². The normalized spacial score (nSPS) is 17.7. The number of amides is 2. The fourth-order valence-corrected chi connectivity index (χ4v) is 3.44. The molecule has 2 amide bonds. The number of carbonyl (C=O) groups is 2. The minimum atomic E-state index is -0.896. The van der Waals surface area contributed by atoms with Gasteiger partial charge in [0.2, 0.25) is 5.91 Å². The van der Waals surface area contributed by atoms with Crippen molar-refractivity contribution in [3.63, 3.8) is 0 Å². The zero-order valence-corrected chi connectivity index (χ0v) is 15.1. The molecule has 0 unspecified atom stereocenters. The summed E-state index contributed by atoms with van der Waals surface area (Å²) in [4.78, 5) is 26.1. The third-order valence-corrected chi connectivity index (χ3v) is 4.68. The number of benzene rings is 2. The molecule has 0 fully saturated rings. The minimum Gasteiger partial charge on any atom is -0.486 e. The van der Waals surface area contributed by atoms with Gasteiger partial charge in [-0.25, -0.2) is 0 Å². The summed E-state index contributed by atoms with van der Waals surface area (Å²) in [7, 11) is 0. The summed E-state index contributed by atoms with van der Waals surface area (Å²) in [6.45, 7) is 0.922.